The predicted molar refractivity (Wildman–Crippen MR) is 82.1 cm³/mol. The Morgan fingerprint density at radius 3 is 2.75 bits per heavy atom. The topological polar surface area (TPSA) is 21.3 Å². The SMILES string of the molecule is CCCNCc1ccc(F)c(COCC(C)CCC)c1. The molecule has 0 aliphatic carbocycles. The highest BCUT2D eigenvalue weighted by atomic mass is 19.1. The zero-order valence-electron chi connectivity index (χ0n) is 13.0. The van der Waals surface area contributed by atoms with Gasteiger partial charge in [0.1, 0.15) is 5.82 Å². The molecule has 114 valence electrons. The summed E-state index contributed by atoms with van der Waals surface area (Å²) in [4.78, 5) is 0. The quantitative estimate of drug-likeness (QED) is 0.646. The summed E-state index contributed by atoms with van der Waals surface area (Å²) in [6, 6.07) is 5.28. The Morgan fingerprint density at radius 2 is 2.05 bits per heavy atom. The molecule has 1 N–H and O–H groups in total. The molecule has 1 rings (SSSR count). The highest BCUT2D eigenvalue weighted by molar-refractivity contribution is 5.24. The molecule has 0 heterocycles. The lowest BCUT2D eigenvalue weighted by Gasteiger charge is -2.12. The summed E-state index contributed by atoms with van der Waals surface area (Å²) < 4.78 is 19.4. The van der Waals surface area contributed by atoms with Crippen molar-refractivity contribution in [1.82, 2.24) is 5.32 Å². The molecule has 0 amide bonds. The molecule has 0 spiro atoms. The van der Waals surface area contributed by atoms with Crippen LogP contribution in [0.4, 0.5) is 4.39 Å². The molecule has 0 aromatic heterocycles. The minimum Gasteiger partial charge on any atom is -0.376 e. The molecule has 2 nitrogen and oxygen atoms in total. The molecular weight excluding hydrogens is 253 g/mol. The zero-order chi connectivity index (χ0) is 14.8. The van der Waals surface area contributed by atoms with Gasteiger partial charge in [-0.25, -0.2) is 4.39 Å². The van der Waals surface area contributed by atoms with E-state index in [2.05, 4.69) is 26.1 Å². The standard InChI is InChI=1S/C17H28FNO/c1-4-6-14(3)12-20-13-16-10-15(7-8-17(16)18)11-19-9-5-2/h7-8,10,14,19H,4-6,9,11-13H2,1-3H3. The van der Waals surface area contributed by atoms with Gasteiger partial charge in [-0.1, -0.05) is 33.3 Å². The minimum absolute atomic E-state index is 0.174. The molecule has 0 aliphatic rings. The normalized spacial score (nSPS) is 12.6. The van der Waals surface area contributed by atoms with Gasteiger partial charge in [0.05, 0.1) is 6.61 Å². The van der Waals surface area contributed by atoms with Crippen molar-refractivity contribution in [3.63, 3.8) is 0 Å². The molecular formula is C17H28FNO. The van der Waals surface area contributed by atoms with Gasteiger partial charge in [-0.3, -0.25) is 0 Å². The van der Waals surface area contributed by atoms with E-state index in [1.807, 2.05) is 12.1 Å². The van der Waals surface area contributed by atoms with Gasteiger partial charge in [-0.05, 0) is 43.0 Å². The Labute approximate surface area is 122 Å². The highest BCUT2D eigenvalue weighted by Crippen LogP contribution is 2.13. The van der Waals surface area contributed by atoms with Crippen LogP contribution in [0.15, 0.2) is 18.2 Å². The number of hydrogen-bond donors (Lipinski definition) is 1. The second kappa shape index (κ2) is 9.89. The Kier molecular flexibility index (Phi) is 8.47. The second-order valence-electron chi connectivity index (χ2n) is 5.51. The molecule has 0 aliphatic heterocycles. The molecule has 0 saturated heterocycles. The van der Waals surface area contributed by atoms with Crippen LogP contribution >= 0.6 is 0 Å². The Morgan fingerprint density at radius 1 is 1.25 bits per heavy atom. The average Bonchev–Trinajstić information content (AvgIpc) is 2.42. The van der Waals surface area contributed by atoms with E-state index in [-0.39, 0.29) is 5.82 Å². The van der Waals surface area contributed by atoms with Crippen LogP contribution in [0.5, 0.6) is 0 Å². The van der Waals surface area contributed by atoms with E-state index < -0.39 is 0 Å². The van der Waals surface area contributed by atoms with Gasteiger partial charge in [0, 0.05) is 18.7 Å². The first kappa shape index (κ1) is 17.1. The first-order chi connectivity index (χ1) is 9.67. The summed E-state index contributed by atoms with van der Waals surface area (Å²) in [6.07, 6.45) is 3.42. The monoisotopic (exact) mass is 281 g/mol. The van der Waals surface area contributed by atoms with E-state index in [0.717, 1.165) is 37.9 Å². The number of benzene rings is 1. The summed E-state index contributed by atoms with van der Waals surface area (Å²) >= 11 is 0. The minimum atomic E-state index is -0.174. The van der Waals surface area contributed by atoms with Crippen molar-refractivity contribution in [2.45, 2.75) is 53.2 Å². The predicted octanol–water partition coefficient (Wildman–Crippen LogP) is 4.28. The van der Waals surface area contributed by atoms with E-state index in [1.54, 1.807) is 0 Å². The van der Waals surface area contributed by atoms with Gasteiger partial charge in [0.25, 0.3) is 0 Å². The van der Waals surface area contributed by atoms with Gasteiger partial charge in [0.2, 0.25) is 0 Å². The van der Waals surface area contributed by atoms with Crippen LogP contribution in [-0.4, -0.2) is 13.2 Å². The van der Waals surface area contributed by atoms with Gasteiger partial charge in [0.15, 0.2) is 0 Å². The van der Waals surface area contributed by atoms with Crippen LogP contribution < -0.4 is 5.32 Å². The molecule has 20 heavy (non-hydrogen) atoms. The fourth-order valence-electron chi connectivity index (χ4n) is 2.20. The maximum atomic E-state index is 13.7. The summed E-state index contributed by atoms with van der Waals surface area (Å²) in [5.74, 6) is 0.366. The molecule has 1 unspecified atom stereocenters. The number of rotatable bonds is 10. The molecule has 1 aromatic rings. The molecule has 0 fully saturated rings. The Hall–Kier alpha value is -0.930. The lowest BCUT2D eigenvalue weighted by Crippen LogP contribution is -2.14. The van der Waals surface area contributed by atoms with E-state index >= 15 is 0 Å². The van der Waals surface area contributed by atoms with E-state index in [1.165, 1.54) is 6.07 Å². The van der Waals surface area contributed by atoms with Crippen molar-refractivity contribution in [1.29, 1.82) is 0 Å². The van der Waals surface area contributed by atoms with Crippen molar-refractivity contribution >= 4 is 0 Å². The molecule has 1 aromatic carbocycles. The highest BCUT2D eigenvalue weighted by Gasteiger charge is 2.06. The molecule has 0 saturated carbocycles. The maximum Gasteiger partial charge on any atom is 0.128 e. The smallest absolute Gasteiger partial charge is 0.128 e. The van der Waals surface area contributed by atoms with Crippen LogP contribution in [-0.2, 0) is 17.9 Å². The molecule has 1 atom stereocenters. The fraction of sp³-hybridized carbons (Fsp3) is 0.647. The number of halogens is 1. The summed E-state index contributed by atoms with van der Waals surface area (Å²) in [7, 11) is 0. The van der Waals surface area contributed by atoms with Crippen LogP contribution in [0.1, 0.15) is 51.2 Å². The third kappa shape index (κ3) is 6.49. The first-order valence-electron chi connectivity index (χ1n) is 7.73. The second-order valence-corrected chi connectivity index (χ2v) is 5.51. The number of nitrogens with one attached hydrogen (secondary N) is 1. The van der Waals surface area contributed by atoms with Crippen LogP contribution in [0, 0.1) is 11.7 Å². The maximum absolute atomic E-state index is 13.7. The average molecular weight is 281 g/mol. The Balaban J connectivity index is 2.45. The zero-order valence-corrected chi connectivity index (χ0v) is 13.0. The number of ether oxygens (including phenoxy) is 1. The summed E-state index contributed by atoms with van der Waals surface area (Å²) in [5, 5.41) is 3.33. The van der Waals surface area contributed by atoms with Gasteiger partial charge in [-0.15, -0.1) is 0 Å². The van der Waals surface area contributed by atoms with E-state index in [0.29, 0.717) is 24.7 Å². The van der Waals surface area contributed by atoms with Crippen molar-refractivity contribution < 1.29 is 9.13 Å². The molecule has 0 bridgehead atoms. The first-order valence-corrected chi connectivity index (χ1v) is 7.73. The van der Waals surface area contributed by atoms with Crippen molar-refractivity contribution in [3.05, 3.63) is 35.1 Å². The van der Waals surface area contributed by atoms with Crippen molar-refractivity contribution in [2.75, 3.05) is 13.2 Å². The summed E-state index contributed by atoms with van der Waals surface area (Å²) in [6.45, 7) is 9.31. The van der Waals surface area contributed by atoms with Crippen molar-refractivity contribution in [2.24, 2.45) is 5.92 Å². The van der Waals surface area contributed by atoms with E-state index in [4.69, 9.17) is 4.74 Å². The number of hydrogen-bond acceptors (Lipinski definition) is 2. The lowest BCUT2D eigenvalue weighted by molar-refractivity contribution is 0.0874. The third-order valence-corrected chi connectivity index (χ3v) is 3.31. The van der Waals surface area contributed by atoms with Crippen LogP contribution in [0.25, 0.3) is 0 Å². The largest absolute Gasteiger partial charge is 0.376 e. The summed E-state index contributed by atoms with van der Waals surface area (Å²) in [5.41, 5.74) is 1.77. The van der Waals surface area contributed by atoms with E-state index in [9.17, 15) is 4.39 Å². The fourth-order valence-corrected chi connectivity index (χ4v) is 2.20. The third-order valence-electron chi connectivity index (χ3n) is 3.31. The molecule has 0 radical (unpaired) electrons. The molecule has 3 heteroatoms. The van der Waals surface area contributed by atoms with Crippen LogP contribution in [0.2, 0.25) is 0 Å². The Bertz CT molecular complexity index is 381. The van der Waals surface area contributed by atoms with Crippen molar-refractivity contribution in [3.8, 4) is 0 Å². The van der Waals surface area contributed by atoms with Gasteiger partial charge in [-0.2, -0.15) is 0 Å². The lowest BCUT2D eigenvalue weighted by atomic mass is 10.1. The van der Waals surface area contributed by atoms with Crippen LogP contribution in [0.3, 0.4) is 0 Å². The van der Waals surface area contributed by atoms with Gasteiger partial charge < -0.3 is 10.1 Å². The van der Waals surface area contributed by atoms with Gasteiger partial charge >= 0.3 is 0 Å².